The number of unbranched alkanes of at least 4 members (excludes halogenated alkanes) is 1. The van der Waals surface area contributed by atoms with Crippen LogP contribution in [-0.2, 0) is 9.53 Å². The average molecular weight is 387 g/mol. The summed E-state index contributed by atoms with van der Waals surface area (Å²) in [6, 6.07) is 8.83. The van der Waals surface area contributed by atoms with E-state index in [1.165, 1.54) is 5.52 Å². The molecule has 0 aliphatic carbocycles. The van der Waals surface area contributed by atoms with E-state index in [0.29, 0.717) is 25.7 Å². The molecule has 0 saturated carbocycles. The van der Waals surface area contributed by atoms with E-state index >= 15 is 0 Å². The van der Waals surface area contributed by atoms with Crippen molar-refractivity contribution in [2.45, 2.75) is 58.5 Å². The zero-order valence-corrected chi connectivity index (χ0v) is 17.5. The Bertz CT molecular complexity index is 771. The number of benzene rings is 1. The Labute approximate surface area is 168 Å². The van der Waals surface area contributed by atoms with Gasteiger partial charge >= 0.3 is 0 Å². The highest BCUT2D eigenvalue weighted by Crippen LogP contribution is 2.34. The first-order valence-electron chi connectivity index (χ1n) is 10.7. The molecule has 28 heavy (non-hydrogen) atoms. The van der Waals surface area contributed by atoms with E-state index in [4.69, 9.17) is 9.72 Å². The molecule has 2 aromatic rings. The third-order valence-electron chi connectivity index (χ3n) is 5.36. The second-order valence-electron chi connectivity index (χ2n) is 7.87. The summed E-state index contributed by atoms with van der Waals surface area (Å²) in [4.78, 5) is 19.6. The van der Waals surface area contributed by atoms with Crippen LogP contribution in [0.15, 0.2) is 24.3 Å². The molecular weight excluding hydrogens is 352 g/mol. The topological polar surface area (TPSA) is 59.4 Å². The molecule has 1 unspecified atom stereocenters. The Balaban J connectivity index is 1.63. The van der Waals surface area contributed by atoms with Gasteiger partial charge in [0.05, 0.1) is 30.2 Å². The van der Waals surface area contributed by atoms with Crippen LogP contribution in [0.25, 0.3) is 11.0 Å². The van der Waals surface area contributed by atoms with Gasteiger partial charge in [-0.1, -0.05) is 25.5 Å². The van der Waals surface area contributed by atoms with E-state index in [2.05, 4.69) is 53.8 Å². The largest absolute Gasteiger partial charge is 0.380 e. The van der Waals surface area contributed by atoms with Gasteiger partial charge in [0.2, 0.25) is 5.91 Å². The third kappa shape index (κ3) is 4.92. The first-order valence-corrected chi connectivity index (χ1v) is 10.7. The summed E-state index contributed by atoms with van der Waals surface area (Å²) in [5, 5.41) is 2.99. The highest BCUT2D eigenvalue weighted by atomic mass is 16.5. The summed E-state index contributed by atoms with van der Waals surface area (Å²) in [6.45, 7) is 9.82. The van der Waals surface area contributed by atoms with E-state index in [1.54, 1.807) is 0 Å². The lowest BCUT2D eigenvalue weighted by Crippen LogP contribution is -2.38. The molecule has 1 N–H and O–H groups in total. The Morgan fingerprint density at radius 3 is 2.93 bits per heavy atom. The number of ether oxygens (including phenoxy) is 1. The van der Waals surface area contributed by atoms with Crippen molar-refractivity contribution in [3.05, 3.63) is 30.1 Å². The monoisotopic (exact) mass is 386 g/mol. The van der Waals surface area contributed by atoms with Gasteiger partial charge in [-0.15, -0.1) is 0 Å². The fourth-order valence-electron chi connectivity index (χ4n) is 4.00. The van der Waals surface area contributed by atoms with Crippen molar-refractivity contribution in [1.29, 1.82) is 0 Å². The second kappa shape index (κ2) is 10.0. The number of hydrogen-bond donors (Lipinski definition) is 1. The number of hydrogen-bond acceptors (Lipinski definition) is 4. The maximum absolute atomic E-state index is 12.4. The van der Waals surface area contributed by atoms with Gasteiger partial charge in [-0.05, 0) is 51.8 Å². The molecule has 3 rings (SSSR count). The molecular formula is C22H34N4O2. The first kappa shape index (κ1) is 20.8. The first-order chi connectivity index (χ1) is 13.6. The predicted octanol–water partition coefficient (Wildman–Crippen LogP) is 3.69. The minimum Gasteiger partial charge on any atom is -0.380 e. The number of amides is 1. The summed E-state index contributed by atoms with van der Waals surface area (Å²) in [7, 11) is 0. The van der Waals surface area contributed by atoms with Crippen LogP contribution in [0.5, 0.6) is 0 Å². The number of rotatable bonds is 10. The molecule has 1 saturated heterocycles. The van der Waals surface area contributed by atoms with Crippen LogP contribution in [0.2, 0.25) is 0 Å². The number of para-hydroxylation sites is 2. The van der Waals surface area contributed by atoms with Crippen LogP contribution < -0.4 is 5.32 Å². The van der Waals surface area contributed by atoms with Gasteiger partial charge in [-0.3, -0.25) is 9.69 Å². The van der Waals surface area contributed by atoms with E-state index in [0.717, 1.165) is 50.2 Å². The third-order valence-corrected chi connectivity index (χ3v) is 5.36. The highest BCUT2D eigenvalue weighted by molar-refractivity contribution is 5.78. The van der Waals surface area contributed by atoms with Crippen LogP contribution in [0.3, 0.4) is 0 Å². The maximum Gasteiger partial charge on any atom is 0.234 e. The van der Waals surface area contributed by atoms with Crippen molar-refractivity contribution >= 4 is 16.9 Å². The molecule has 1 atom stereocenters. The van der Waals surface area contributed by atoms with Crippen molar-refractivity contribution in [1.82, 2.24) is 19.8 Å². The van der Waals surface area contributed by atoms with Crippen LogP contribution in [0, 0.1) is 0 Å². The molecule has 6 nitrogen and oxygen atoms in total. The van der Waals surface area contributed by atoms with Crippen molar-refractivity contribution in [3.63, 3.8) is 0 Å². The van der Waals surface area contributed by atoms with Crippen molar-refractivity contribution in [2.24, 2.45) is 0 Å². The molecule has 154 valence electrons. The Hall–Kier alpha value is -1.92. The normalized spacial score (nSPS) is 17.6. The van der Waals surface area contributed by atoms with Gasteiger partial charge in [0.15, 0.2) is 0 Å². The molecule has 0 spiro atoms. The smallest absolute Gasteiger partial charge is 0.234 e. The summed E-state index contributed by atoms with van der Waals surface area (Å²) in [5.41, 5.74) is 2.21. The molecule has 1 amide bonds. The van der Waals surface area contributed by atoms with Crippen molar-refractivity contribution in [3.8, 4) is 0 Å². The number of imidazole rings is 1. The summed E-state index contributed by atoms with van der Waals surface area (Å²) in [5.74, 6) is 1.16. The number of likely N-dealkylation sites (tertiary alicyclic amines) is 1. The highest BCUT2D eigenvalue weighted by Gasteiger charge is 2.32. The van der Waals surface area contributed by atoms with Gasteiger partial charge in [-0.2, -0.15) is 0 Å². The lowest BCUT2D eigenvalue weighted by atomic mass is 10.2. The number of fused-ring (bicyclic) bond motifs is 1. The Morgan fingerprint density at radius 2 is 2.14 bits per heavy atom. The molecule has 1 aromatic carbocycles. The zero-order chi connectivity index (χ0) is 19.9. The fraction of sp³-hybridized carbons (Fsp3) is 0.636. The van der Waals surface area contributed by atoms with Crippen LogP contribution >= 0.6 is 0 Å². The molecule has 0 bridgehead atoms. The minimum absolute atomic E-state index is 0.0678. The molecule has 1 aromatic heterocycles. The number of nitrogens with one attached hydrogen (secondary N) is 1. The summed E-state index contributed by atoms with van der Waals surface area (Å²) >= 11 is 0. The van der Waals surface area contributed by atoms with Gasteiger partial charge in [0, 0.05) is 19.2 Å². The standard InChI is InChI=1S/C22H34N4O2/c1-4-5-14-28-15-12-23-21(27)16-25-13-8-11-20(25)22-24-18-9-6-7-10-19(18)26(22)17(2)3/h6-7,9-10,17,20H,4-5,8,11-16H2,1-3H3,(H,23,27). The Morgan fingerprint density at radius 1 is 1.32 bits per heavy atom. The average Bonchev–Trinajstić information content (AvgIpc) is 3.28. The molecule has 0 radical (unpaired) electrons. The van der Waals surface area contributed by atoms with Crippen molar-refractivity contribution < 1.29 is 9.53 Å². The SMILES string of the molecule is CCCCOCCNC(=O)CN1CCCC1c1nc2ccccc2n1C(C)C. The molecule has 1 aliphatic rings. The fourth-order valence-corrected chi connectivity index (χ4v) is 4.00. The Kier molecular flexibility index (Phi) is 7.45. The van der Waals surface area contributed by atoms with E-state index < -0.39 is 0 Å². The van der Waals surface area contributed by atoms with Crippen molar-refractivity contribution in [2.75, 3.05) is 32.8 Å². The minimum atomic E-state index is 0.0678. The van der Waals surface area contributed by atoms with Crippen LogP contribution in [0.1, 0.15) is 64.4 Å². The molecule has 6 heteroatoms. The van der Waals surface area contributed by atoms with Gasteiger partial charge in [-0.25, -0.2) is 4.98 Å². The maximum atomic E-state index is 12.4. The quantitative estimate of drug-likeness (QED) is 0.633. The number of aromatic nitrogens is 2. The van der Waals surface area contributed by atoms with Gasteiger partial charge in [0.1, 0.15) is 5.82 Å². The van der Waals surface area contributed by atoms with Crippen LogP contribution in [0.4, 0.5) is 0 Å². The lowest BCUT2D eigenvalue weighted by Gasteiger charge is -2.25. The lowest BCUT2D eigenvalue weighted by molar-refractivity contribution is -0.122. The van der Waals surface area contributed by atoms with E-state index in [1.807, 2.05) is 6.07 Å². The second-order valence-corrected chi connectivity index (χ2v) is 7.87. The molecule has 1 fully saturated rings. The summed E-state index contributed by atoms with van der Waals surface area (Å²) in [6.07, 6.45) is 4.34. The number of nitrogens with zero attached hydrogens (tertiary/aromatic N) is 3. The van der Waals surface area contributed by atoms with Gasteiger partial charge in [0.25, 0.3) is 0 Å². The van der Waals surface area contributed by atoms with E-state index in [-0.39, 0.29) is 11.9 Å². The molecule has 1 aliphatic heterocycles. The van der Waals surface area contributed by atoms with Gasteiger partial charge < -0.3 is 14.6 Å². The van der Waals surface area contributed by atoms with E-state index in [9.17, 15) is 4.79 Å². The van der Waals surface area contributed by atoms with Crippen LogP contribution in [-0.4, -0.2) is 53.2 Å². The zero-order valence-electron chi connectivity index (χ0n) is 17.5. The summed E-state index contributed by atoms with van der Waals surface area (Å²) < 4.78 is 7.85. The number of carbonyl (C=O) groups excluding carboxylic acids is 1. The predicted molar refractivity (Wildman–Crippen MR) is 112 cm³/mol. The number of carbonyl (C=O) groups is 1. The molecule has 2 heterocycles.